The molecule has 3 rings (SSSR count). The molecule has 142 valence electrons. The molecule has 2 aromatic rings. The van der Waals surface area contributed by atoms with Crippen LogP contribution < -0.4 is 4.90 Å². The van der Waals surface area contributed by atoms with Crippen molar-refractivity contribution in [2.75, 3.05) is 31.6 Å². The first-order chi connectivity index (χ1) is 12.9. The zero-order chi connectivity index (χ0) is 19.4. The average Bonchev–Trinajstić information content (AvgIpc) is 2.67. The van der Waals surface area contributed by atoms with Gasteiger partial charge in [-0.1, -0.05) is 30.3 Å². The van der Waals surface area contributed by atoms with Gasteiger partial charge in [-0.3, -0.25) is 19.8 Å². The van der Waals surface area contributed by atoms with Crippen LogP contribution in [0.25, 0.3) is 0 Å². The first kappa shape index (κ1) is 19.0. The number of nitrogens with zero attached hydrogens (tertiary/aromatic N) is 3. The fourth-order valence-corrected chi connectivity index (χ4v) is 3.26. The second-order valence-corrected chi connectivity index (χ2v) is 6.77. The summed E-state index contributed by atoms with van der Waals surface area (Å²) >= 11 is 0. The molecule has 1 amide bonds. The van der Waals surface area contributed by atoms with E-state index in [1.165, 1.54) is 17.0 Å². The van der Waals surface area contributed by atoms with Crippen LogP contribution in [-0.2, 0) is 9.53 Å². The van der Waals surface area contributed by atoms with Gasteiger partial charge in [0, 0.05) is 38.0 Å². The summed E-state index contributed by atoms with van der Waals surface area (Å²) in [6.45, 7) is 3.61. The number of anilines is 1. The molecule has 0 saturated carbocycles. The quantitative estimate of drug-likeness (QED) is 0.598. The van der Waals surface area contributed by atoms with Crippen molar-refractivity contribution in [1.29, 1.82) is 0 Å². The van der Waals surface area contributed by atoms with Gasteiger partial charge < -0.3 is 9.64 Å². The van der Waals surface area contributed by atoms with Gasteiger partial charge in [-0.25, -0.2) is 0 Å². The molecule has 7 heteroatoms. The fourth-order valence-electron chi connectivity index (χ4n) is 3.26. The van der Waals surface area contributed by atoms with Crippen LogP contribution in [0.2, 0.25) is 0 Å². The Morgan fingerprint density at radius 3 is 2.48 bits per heavy atom. The van der Waals surface area contributed by atoms with Crippen LogP contribution in [0, 0.1) is 10.1 Å². The highest BCUT2D eigenvalue weighted by atomic mass is 16.6. The minimum Gasteiger partial charge on any atom is -0.368 e. The number of amides is 1. The molecular formula is C20H23N3O4. The topological polar surface area (TPSA) is 75.9 Å². The third kappa shape index (κ3) is 4.69. The molecular weight excluding hydrogens is 346 g/mol. The van der Waals surface area contributed by atoms with E-state index >= 15 is 0 Å². The van der Waals surface area contributed by atoms with Crippen molar-refractivity contribution in [3.63, 3.8) is 0 Å². The summed E-state index contributed by atoms with van der Waals surface area (Å²) in [4.78, 5) is 26.6. The molecule has 1 aliphatic rings. The molecule has 1 heterocycles. The smallest absolute Gasteiger partial charge is 0.269 e. The van der Waals surface area contributed by atoms with E-state index in [0.717, 1.165) is 5.56 Å². The number of carbonyl (C=O) groups excluding carboxylic acids is 1. The lowest BCUT2D eigenvalue weighted by Crippen LogP contribution is -2.47. The molecule has 0 radical (unpaired) electrons. The SMILES string of the molecule is CC1CN(CC(=O)N(C)c2ccc([N+](=O)[O-])cc2)CC(c2ccccc2)O1. The van der Waals surface area contributed by atoms with E-state index in [1.54, 1.807) is 19.2 Å². The number of rotatable bonds is 5. The molecule has 0 aliphatic carbocycles. The highest BCUT2D eigenvalue weighted by molar-refractivity contribution is 5.94. The summed E-state index contributed by atoms with van der Waals surface area (Å²) in [5.41, 5.74) is 1.74. The Morgan fingerprint density at radius 2 is 1.85 bits per heavy atom. The monoisotopic (exact) mass is 369 g/mol. The van der Waals surface area contributed by atoms with E-state index < -0.39 is 4.92 Å². The number of morpholine rings is 1. The maximum atomic E-state index is 12.7. The van der Waals surface area contributed by atoms with Crippen LogP contribution in [0.5, 0.6) is 0 Å². The Labute approximate surface area is 158 Å². The third-order valence-electron chi connectivity index (χ3n) is 4.69. The fraction of sp³-hybridized carbons (Fsp3) is 0.350. The molecule has 2 unspecified atom stereocenters. The number of ether oxygens (including phenoxy) is 1. The molecule has 0 N–H and O–H groups in total. The first-order valence-corrected chi connectivity index (χ1v) is 8.88. The molecule has 27 heavy (non-hydrogen) atoms. The standard InChI is InChI=1S/C20H23N3O4/c1-15-12-22(13-19(27-15)16-6-4-3-5-7-16)14-20(24)21(2)17-8-10-18(11-9-17)23(25)26/h3-11,15,19H,12-14H2,1-2H3. The number of hydrogen-bond donors (Lipinski definition) is 0. The van der Waals surface area contributed by atoms with E-state index in [-0.39, 0.29) is 30.3 Å². The highest BCUT2D eigenvalue weighted by Crippen LogP contribution is 2.25. The first-order valence-electron chi connectivity index (χ1n) is 8.88. The van der Waals surface area contributed by atoms with Gasteiger partial charge in [-0.15, -0.1) is 0 Å². The summed E-state index contributed by atoms with van der Waals surface area (Å²) in [6.07, 6.45) is -0.0335. The van der Waals surface area contributed by atoms with Crippen LogP contribution in [-0.4, -0.2) is 48.5 Å². The van der Waals surface area contributed by atoms with Crippen LogP contribution in [0.15, 0.2) is 54.6 Å². The minimum atomic E-state index is -0.454. The number of nitro groups is 1. The summed E-state index contributed by atoms with van der Waals surface area (Å²) < 4.78 is 6.03. The summed E-state index contributed by atoms with van der Waals surface area (Å²) in [7, 11) is 1.68. The maximum absolute atomic E-state index is 12.7. The van der Waals surface area contributed by atoms with Gasteiger partial charge in [0.15, 0.2) is 0 Å². The van der Waals surface area contributed by atoms with E-state index in [4.69, 9.17) is 4.74 Å². The zero-order valence-electron chi connectivity index (χ0n) is 15.4. The van der Waals surface area contributed by atoms with Gasteiger partial charge in [0.05, 0.1) is 23.7 Å². The van der Waals surface area contributed by atoms with Crippen molar-refractivity contribution in [3.8, 4) is 0 Å². The second kappa shape index (κ2) is 8.28. The van der Waals surface area contributed by atoms with Crippen LogP contribution in [0.4, 0.5) is 11.4 Å². The molecule has 0 bridgehead atoms. The Hall–Kier alpha value is -2.77. The van der Waals surface area contributed by atoms with Gasteiger partial charge >= 0.3 is 0 Å². The summed E-state index contributed by atoms with van der Waals surface area (Å²) in [6, 6.07) is 16.0. The number of carbonyl (C=O) groups is 1. The largest absolute Gasteiger partial charge is 0.368 e. The molecule has 0 spiro atoms. The third-order valence-corrected chi connectivity index (χ3v) is 4.69. The zero-order valence-corrected chi connectivity index (χ0v) is 15.4. The Kier molecular flexibility index (Phi) is 5.83. The number of hydrogen-bond acceptors (Lipinski definition) is 5. The van der Waals surface area contributed by atoms with Gasteiger partial charge in [0.1, 0.15) is 0 Å². The summed E-state index contributed by atoms with van der Waals surface area (Å²) in [5, 5.41) is 10.8. The van der Waals surface area contributed by atoms with Gasteiger partial charge in [-0.05, 0) is 24.6 Å². The van der Waals surface area contributed by atoms with E-state index in [1.807, 2.05) is 37.3 Å². The van der Waals surface area contributed by atoms with Gasteiger partial charge in [0.25, 0.3) is 5.69 Å². The molecule has 2 aromatic carbocycles. The van der Waals surface area contributed by atoms with Crippen molar-refractivity contribution < 1.29 is 14.5 Å². The lowest BCUT2D eigenvalue weighted by molar-refractivity contribution is -0.384. The highest BCUT2D eigenvalue weighted by Gasteiger charge is 2.28. The summed E-state index contributed by atoms with van der Waals surface area (Å²) in [5.74, 6) is -0.0650. The van der Waals surface area contributed by atoms with Crippen molar-refractivity contribution in [2.45, 2.75) is 19.1 Å². The van der Waals surface area contributed by atoms with Crippen molar-refractivity contribution >= 4 is 17.3 Å². The second-order valence-electron chi connectivity index (χ2n) is 6.77. The number of likely N-dealkylation sites (N-methyl/N-ethyl adjacent to an activating group) is 1. The Morgan fingerprint density at radius 1 is 1.19 bits per heavy atom. The molecule has 2 atom stereocenters. The van der Waals surface area contributed by atoms with Gasteiger partial charge in [0.2, 0.25) is 5.91 Å². The lowest BCUT2D eigenvalue weighted by Gasteiger charge is -2.37. The maximum Gasteiger partial charge on any atom is 0.269 e. The minimum absolute atomic E-state index is 0.00676. The molecule has 7 nitrogen and oxygen atoms in total. The molecule has 0 aromatic heterocycles. The normalized spacial score (nSPS) is 20.2. The molecule has 1 fully saturated rings. The molecule has 1 saturated heterocycles. The average molecular weight is 369 g/mol. The Balaban J connectivity index is 1.64. The predicted molar refractivity (Wildman–Crippen MR) is 103 cm³/mol. The van der Waals surface area contributed by atoms with Crippen molar-refractivity contribution in [1.82, 2.24) is 4.90 Å². The lowest BCUT2D eigenvalue weighted by atomic mass is 10.1. The van der Waals surface area contributed by atoms with Crippen LogP contribution in [0.3, 0.4) is 0 Å². The van der Waals surface area contributed by atoms with Crippen molar-refractivity contribution in [2.24, 2.45) is 0 Å². The van der Waals surface area contributed by atoms with Crippen LogP contribution >= 0.6 is 0 Å². The molecule has 1 aliphatic heterocycles. The number of non-ortho nitro benzene ring substituents is 1. The van der Waals surface area contributed by atoms with Crippen LogP contribution in [0.1, 0.15) is 18.6 Å². The predicted octanol–water partition coefficient (Wildman–Crippen LogP) is 3.02. The van der Waals surface area contributed by atoms with Crippen molar-refractivity contribution in [3.05, 3.63) is 70.3 Å². The Bertz CT molecular complexity index is 795. The van der Waals surface area contributed by atoms with E-state index in [2.05, 4.69) is 4.90 Å². The number of nitro benzene ring substituents is 1. The van der Waals surface area contributed by atoms with E-state index in [9.17, 15) is 14.9 Å². The van der Waals surface area contributed by atoms with E-state index in [0.29, 0.717) is 18.8 Å². The van der Waals surface area contributed by atoms with Gasteiger partial charge in [-0.2, -0.15) is 0 Å². The number of benzene rings is 2.